The first-order valence-corrected chi connectivity index (χ1v) is 9.54. The van der Waals surface area contributed by atoms with Crippen molar-refractivity contribution in [3.05, 3.63) is 90.0 Å². The molecule has 0 saturated carbocycles. The summed E-state index contributed by atoms with van der Waals surface area (Å²) in [6.45, 7) is 0.553. The van der Waals surface area contributed by atoms with E-state index >= 15 is 0 Å². The second-order valence-electron chi connectivity index (χ2n) is 6.02. The number of amides is 1. The number of nitrogens with one attached hydrogen (secondary N) is 1. The van der Waals surface area contributed by atoms with Gasteiger partial charge in [0, 0.05) is 59.9 Å². The molecule has 0 unspecified atom stereocenters. The van der Waals surface area contributed by atoms with E-state index in [1.807, 2.05) is 70.9 Å². The summed E-state index contributed by atoms with van der Waals surface area (Å²) in [4.78, 5) is 21.0. The minimum Gasteiger partial charge on any atom is -0.352 e. The molecule has 27 heavy (non-hydrogen) atoms. The summed E-state index contributed by atoms with van der Waals surface area (Å²) in [6.07, 6.45) is 8.18. The molecule has 5 nitrogen and oxygen atoms in total. The molecule has 0 bridgehead atoms. The lowest BCUT2D eigenvalue weighted by molar-refractivity contribution is 0.0954. The predicted octanol–water partition coefficient (Wildman–Crippen LogP) is 3.97. The highest BCUT2D eigenvalue weighted by Gasteiger charge is 2.07. The number of rotatable bonds is 6. The lowest BCUT2D eigenvalue weighted by Gasteiger charge is -2.06. The molecule has 0 aliphatic rings. The fourth-order valence-corrected chi connectivity index (χ4v) is 3.61. The number of carbonyl (C=O) groups excluding carboxylic acids is 1. The summed E-state index contributed by atoms with van der Waals surface area (Å²) in [6, 6.07) is 15.4. The molecule has 0 atom stereocenters. The third-order valence-corrected chi connectivity index (χ3v) is 5.12. The molecule has 1 N–H and O–H groups in total. The van der Waals surface area contributed by atoms with Gasteiger partial charge in [0.25, 0.3) is 5.91 Å². The van der Waals surface area contributed by atoms with Crippen LogP contribution in [0.15, 0.2) is 78.7 Å². The number of benzene rings is 1. The maximum Gasteiger partial charge on any atom is 0.251 e. The van der Waals surface area contributed by atoms with Gasteiger partial charge in [-0.05, 0) is 48.5 Å². The number of hydrogen-bond acceptors (Lipinski definition) is 4. The second kappa shape index (κ2) is 7.97. The molecule has 0 saturated heterocycles. The van der Waals surface area contributed by atoms with Gasteiger partial charge in [-0.3, -0.25) is 9.78 Å². The summed E-state index contributed by atoms with van der Waals surface area (Å²) >= 11 is 1.60. The zero-order chi connectivity index (χ0) is 18.5. The summed E-state index contributed by atoms with van der Waals surface area (Å²) < 4.78 is 2.00. The van der Waals surface area contributed by atoms with Crippen LogP contribution >= 0.6 is 11.3 Å². The summed E-state index contributed by atoms with van der Waals surface area (Å²) in [5, 5.41) is 5.97. The van der Waals surface area contributed by atoms with Gasteiger partial charge < -0.3 is 9.88 Å². The number of pyridine rings is 1. The van der Waals surface area contributed by atoms with Crippen LogP contribution < -0.4 is 5.32 Å². The average molecular weight is 374 g/mol. The molecule has 0 aliphatic carbocycles. The molecule has 3 aromatic heterocycles. The first-order chi connectivity index (χ1) is 13.3. The molecule has 1 aromatic carbocycles. The molecule has 0 fully saturated rings. The van der Waals surface area contributed by atoms with E-state index < -0.39 is 0 Å². The van der Waals surface area contributed by atoms with Gasteiger partial charge in [0.1, 0.15) is 5.01 Å². The Morgan fingerprint density at radius 3 is 2.52 bits per heavy atom. The summed E-state index contributed by atoms with van der Waals surface area (Å²) in [5.74, 6) is -0.0707. The van der Waals surface area contributed by atoms with E-state index in [0.717, 1.165) is 22.0 Å². The van der Waals surface area contributed by atoms with Gasteiger partial charge in [-0.15, -0.1) is 11.3 Å². The first-order valence-electron chi connectivity index (χ1n) is 8.66. The van der Waals surface area contributed by atoms with Gasteiger partial charge in [0.05, 0.1) is 5.69 Å². The minimum atomic E-state index is -0.0707. The fourth-order valence-electron chi connectivity index (χ4n) is 2.75. The van der Waals surface area contributed by atoms with Crippen LogP contribution in [-0.4, -0.2) is 27.0 Å². The van der Waals surface area contributed by atoms with Crippen LogP contribution in [0.25, 0.3) is 16.3 Å². The molecule has 3 heterocycles. The topological polar surface area (TPSA) is 59.8 Å². The number of hydrogen-bond donors (Lipinski definition) is 1. The smallest absolute Gasteiger partial charge is 0.251 e. The minimum absolute atomic E-state index is 0.0707. The first kappa shape index (κ1) is 17.2. The quantitative estimate of drug-likeness (QED) is 0.556. The molecule has 0 radical (unpaired) electrons. The Hall–Kier alpha value is -3.25. The maximum atomic E-state index is 12.3. The Bertz CT molecular complexity index is 1010. The third kappa shape index (κ3) is 4.12. The zero-order valence-electron chi connectivity index (χ0n) is 14.6. The lowest BCUT2D eigenvalue weighted by atomic mass is 10.2. The van der Waals surface area contributed by atoms with Crippen molar-refractivity contribution < 1.29 is 4.79 Å². The van der Waals surface area contributed by atoms with E-state index in [0.29, 0.717) is 18.5 Å². The molecular formula is C21H18N4OS. The van der Waals surface area contributed by atoms with Crippen LogP contribution in [0.2, 0.25) is 0 Å². The van der Waals surface area contributed by atoms with Crippen LogP contribution in [0.3, 0.4) is 0 Å². The van der Waals surface area contributed by atoms with Gasteiger partial charge in [-0.25, -0.2) is 4.98 Å². The molecule has 134 valence electrons. The summed E-state index contributed by atoms with van der Waals surface area (Å²) in [7, 11) is 0. The second-order valence-corrected chi connectivity index (χ2v) is 6.88. The average Bonchev–Trinajstić information content (AvgIpc) is 3.41. The van der Waals surface area contributed by atoms with Crippen LogP contribution in [0.4, 0.5) is 0 Å². The molecular weight excluding hydrogens is 356 g/mol. The summed E-state index contributed by atoms with van der Waals surface area (Å²) in [5.41, 5.74) is 3.73. The highest BCUT2D eigenvalue weighted by atomic mass is 32.1. The van der Waals surface area contributed by atoms with Gasteiger partial charge in [0.15, 0.2) is 0 Å². The van der Waals surface area contributed by atoms with E-state index in [1.165, 1.54) is 0 Å². The predicted molar refractivity (Wildman–Crippen MR) is 107 cm³/mol. The van der Waals surface area contributed by atoms with E-state index in [1.54, 1.807) is 23.7 Å². The van der Waals surface area contributed by atoms with Crippen LogP contribution in [0.1, 0.15) is 16.1 Å². The van der Waals surface area contributed by atoms with E-state index in [-0.39, 0.29) is 5.91 Å². The normalized spacial score (nSPS) is 10.7. The highest BCUT2D eigenvalue weighted by molar-refractivity contribution is 7.13. The number of thiazole rings is 1. The zero-order valence-corrected chi connectivity index (χ0v) is 15.4. The number of aromatic nitrogens is 3. The van der Waals surface area contributed by atoms with Crippen LogP contribution in [0, 0.1) is 0 Å². The van der Waals surface area contributed by atoms with Crippen molar-refractivity contribution in [3.8, 4) is 16.3 Å². The van der Waals surface area contributed by atoms with Gasteiger partial charge >= 0.3 is 0 Å². The van der Waals surface area contributed by atoms with Crippen LogP contribution in [-0.2, 0) is 6.42 Å². The molecule has 0 spiro atoms. The van der Waals surface area contributed by atoms with Crippen LogP contribution in [0.5, 0.6) is 0 Å². The Kier molecular flexibility index (Phi) is 5.07. The van der Waals surface area contributed by atoms with Crippen molar-refractivity contribution in [2.75, 3.05) is 6.54 Å². The van der Waals surface area contributed by atoms with Gasteiger partial charge in [-0.1, -0.05) is 0 Å². The molecule has 4 aromatic rings. The highest BCUT2D eigenvalue weighted by Crippen LogP contribution is 2.22. The van der Waals surface area contributed by atoms with Crippen molar-refractivity contribution in [2.45, 2.75) is 6.42 Å². The third-order valence-electron chi connectivity index (χ3n) is 4.18. The van der Waals surface area contributed by atoms with Crippen molar-refractivity contribution in [3.63, 3.8) is 0 Å². The van der Waals surface area contributed by atoms with Crippen molar-refractivity contribution in [1.29, 1.82) is 0 Å². The van der Waals surface area contributed by atoms with Gasteiger partial charge in [-0.2, -0.15) is 0 Å². The van der Waals surface area contributed by atoms with Crippen molar-refractivity contribution in [2.24, 2.45) is 0 Å². The number of carbonyl (C=O) groups is 1. The SMILES string of the molecule is O=C(NCCc1csc(-c2ccncc2)n1)c1ccc(-n2cccc2)cc1. The standard InChI is InChI=1S/C21H18N4OS/c26-20(16-3-5-19(6-4-16)25-13-1-2-14-25)23-12-9-18-15-27-21(24-18)17-7-10-22-11-8-17/h1-8,10-11,13-15H,9,12H2,(H,23,26). The van der Waals surface area contributed by atoms with Crippen molar-refractivity contribution in [1.82, 2.24) is 19.9 Å². The van der Waals surface area contributed by atoms with E-state index in [4.69, 9.17) is 0 Å². The Morgan fingerprint density at radius 1 is 1.04 bits per heavy atom. The van der Waals surface area contributed by atoms with E-state index in [2.05, 4.69) is 15.3 Å². The Balaban J connectivity index is 1.31. The molecule has 6 heteroatoms. The molecule has 1 amide bonds. The monoisotopic (exact) mass is 374 g/mol. The fraction of sp³-hybridized carbons (Fsp3) is 0.0952. The van der Waals surface area contributed by atoms with Gasteiger partial charge in [0.2, 0.25) is 0 Å². The van der Waals surface area contributed by atoms with Crippen molar-refractivity contribution >= 4 is 17.2 Å². The molecule has 4 rings (SSSR count). The maximum absolute atomic E-state index is 12.3. The molecule has 0 aliphatic heterocycles. The Labute approximate surface area is 161 Å². The largest absolute Gasteiger partial charge is 0.352 e. The van der Waals surface area contributed by atoms with E-state index in [9.17, 15) is 4.79 Å². The number of nitrogens with zero attached hydrogens (tertiary/aromatic N) is 3. The Morgan fingerprint density at radius 2 is 1.78 bits per heavy atom. The lowest BCUT2D eigenvalue weighted by Crippen LogP contribution is -2.25.